The first-order valence-electron chi connectivity index (χ1n) is 9.15. The highest BCUT2D eigenvalue weighted by Crippen LogP contribution is 2.13. The van der Waals surface area contributed by atoms with E-state index in [2.05, 4.69) is 10.6 Å². The molecule has 0 spiro atoms. The van der Waals surface area contributed by atoms with Crippen LogP contribution in [0.4, 0.5) is 10.5 Å². The first kappa shape index (κ1) is 21.2. The van der Waals surface area contributed by atoms with Crippen LogP contribution in [0, 0.1) is 0 Å². The molecular formula is C19H25N3O6. The van der Waals surface area contributed by atoms with E-state index in [1.807, 2.05) is 0 Å². The summed E-state index contributed by atoms with van der Waals surface area (Å²) in [6, 6.07) is 6.19. The van der Waals surface area contributed by atoms with Gasteiger partial charge in [0, 0.05) is 31.7 Å². The van der Waals surface area contributed by atoms with Crippen LogP contribution in [-0.4, -0.2) is 61.1 Å². The Labute approximate surface area is 163 Å². The molecule has 2 rings (SSSR count). The lowest BCUT2D eigenvalue weighted by atomic mass is 10.1. The van der Waals surface area contributed by atoms with E-state index in [1.165, 1.54) is 19.1 Å². The largest absolute Gasteiger partial charge is 0.452 e. The van der Waals surface area contributed by atoms with Crippen molar-refractivity contribution in [1.29, 1.82) is 0 Å². The van der Waals surface area contributed by atoms with E-state index in [4.69, 9.17) is 9.47 Å². The van der Waals surface area contributed by atoms with Crippen molar-refractivity contribution in [3.8, 4) is 0 Å². The maximum absolute atomic E-state index is 12.1. The Balaban J connectivity index is 1.75. The van der Waals surface area contributed by atoms with Crippen LogP contribution in [0.2, 0.25) is 0 Å². The van der Waals surface area contributed by atoms with Gasteiger partial charge in [-0.15, -0.1) is 0 Å². The number of anilines is 1. The molecule has 0 radical (unpaired) electrons. The molecule has 9 heteroatoms. The Morgan fingerprint density at radius 1 is 1.14 bits per heavy atom. The van der Waals surface area contributed by atoms with Gasteiger partial charge in [0.2, 0.25) is 5.91 Å². The SMILES string of the molecule is CCOC(=O)N1CCC(NC(=O)COC(=O)c2cccc(NC(C)=O)c2)CC1. The number of hydrogen-bond donors (Lipinski definition) is 2. The fourth-order valence-electron chi connectivity index (χ4n) is 2.83. The van der Waals surface area contributed by atoms with Crippen LogP contribution in [0.25, 0.3) is 0 Å². The number of carbonyl (C=O) groups excluding carboxylic acids is 4. The van der Waals surface area contributed by atoms with Crippen molar-refractivity contribution < 1.29 is 28.7 Å². The molecule has 2 N–H and O–H groups in total. The molecule has 152 valence electrons. The van der Waals surface area contributed by atoms with Crippen molar-refractivity contribution in [2.45, 2.75) is 32.7 Å². The summed E-state index contributed by atoms with van der Waals surface area (Å²) >= 11 is 0. The van der Waals surface area contributed by atoms with Crippen molar-refractivity contribution in [2.75, 3.05) is 31.6 Å². The second-order valence-corrected chi connectivity index (χ2v) is 6.37. The molecule has 3 amide bonds. The van der Waals surface area contributed by atoms with Gasteiger partial charge in [-0.05, 0) is 38.0 Å². The van der Waals surface area contributed by atoms with Crippen LogP contribution in [0.1, 0.15) is 37.0 Å². The summed E-state index contributed by atoms with van der Waals surface area (Å²) in [5, 5.41) is 5.38. The van der Waals surface area contributed by atoms with Gasteiger partial charge in [0.1, 0.15) is 0 Å². The molecule has 0 atom stereocenters. The number of rotatable bonds is 6. The molecule has 0 aliphatic carbocycles. The Morgan fingerprint density at radius 3 is 2.50 bits per heavy atom. The number of nitrogens with one attached hydrogen (secondary N) is 2. The van der Waals surface area contributed by atoms with Crippen LogP contribution in [-0.2, 0) is 19.1 Å². The lowest BCUT2D eigenvalue weighted by molar-refractivity contribution is -0.125. The quantitative estimate of drug-likeness (QED) is 0.711. The van der Waals surface area contributed by atoms with Crippen molar-refractivity contribution in [2.24, 2.45) is 0 Å². The number of nitrogens with zero attached hydrogens (tertiary/aromatic N) is 1. The van der Waals surface area contributed by atoms with Gasteiger partial charge < -0.3 is 25.0 Å². The Kier molecular flexibility index (Phi) is 7.79. The van der Waals surface area contributed by atoms with Gasteiger partial charge in [0.25, 0.3) is 5.91 Å². The number of esters is 1. The molecule has 1 aromatic carbocycles. The normalized spacial score (nSPS) is 14.1. The molecule has 0 unspecified atom stereocenters. The fourth-order valence-corrected chi connectivity index (χ4v) is 2.83. The first-order chi connectivity index (χ1) is 13.4. The molecule has 1 heterocycles. The van der Waals surface area contributed by atoms with Gasteiger partial charge in [-0.2, -0.15) is 0 Å². The lowest BCUT2D eigenvalue weighted by Gasteiger charge is -2.31. The molecular weight excluding hydrogens is 366 g/mol. The minimum absolute atomic E-state index is 0.0834. The lowest BCUT2D eigenvalue weighted by Crippen LogP contribution is -2.47. The highest BCUT2D eigenvalue weighted by atomic mass is 16.6. The van der Waals surface area contributed by atoms with E-state index in [0.717, 1.165) is 0 Å². The predicted octanol–water partition coefficient (Wildman–Crippen LogP) is 1.54. The summed E-state index contributed by atoms with van der Waals surface area (Å²) in [5.74, 6) is -1.31. The fraction of sp³-hybridized carbons (Fsp3) is 0.474. The van der Waals surface area contributed by atoms with Crippen LogP contribution in [0.5, 0.6) is 0 Å². The van der Waals surface area contributed by atoms with Crippen molar-refractivity contribution in [1.82, 2.24) is 10.2 Å². The molecule has 9 nitrogen and oxygen atoms in total. The van der Waals surface area contributed by atoms with E-state index >= 15 is 0 Å². The maximum Gasteiger partial charge on any atom is 0.409 e. The highest BCUT2D eigenvalue weighted by Gasteiger charge is 2.24. The van der Waals surface area contributed by atoms with Crippen LogP contribution in [0.3, 0.4) is 0 Å². The second kappa shape index (κ2) is 10.3. The predicted molar refractivity (Wildman–Crippen MR) is 101 cm³/mol. The number of piperidine rings is 1. The minimum Gasteiger partial charge on any atom is -0.452 e. The third-order valence-corrected chi connectivity index (χ3v) is 4.14. The molecule has 1 fully saturated rings. The summed E-state index contributed by atoms with van der Waals surface area (Å²) in [6.07, 6.45) is 0.872. The van der Waals surface area contributed by atoms with Crippen molar-refractivity contribution in [3.63, 3.8) is 0 Å². The number of likely N-dealkylation sites (tertiary alicyclic amines) is 1. The molecule has 1 aliphatic rings. The van der Waals surface area contributed by atoms with E-state index in [0.29, 0.717) is 38.2 Å². The van der Waals surface area contributed by atoms with Crippen LogP contribution < -0.4 is 10.6 Å². The molecule has 0 aromatic heterocycles. The van der Waals surface area contributed by atoms with E-state index in [1.54, 1.807) is 24.0 Å². The summed E-state index contributed by atoms with van der Waals surface area (Å²) in [4.78, 5) is 48.5. The molecule has 1 saturated heterocycles. The van der Waals surface area contributed by atoms with E-state index < -0.39 is 18.5 Å². The Morgan fingerprint density at radius 2 is 1.86 bits per heavy atom. The zero-order chi connectivity index (χ0) is 20.5. The zero-order valence-corrected chi connectivity index (χ0v) is 16.0. The Bertz CT molecular complexity index is 728. The van der Waals surface area contributed by atoms with E-state index in [9.17, 15) is 19.2 Å². The highest BCUT2D eigenvalue weighted by molar-refractivity contribution is 5.94. The number of hydrogen-bond acceptors (Lipinski definition) is 6. The monoisotopic (exact) mass is 391 g/mol. The number of benzene rings is 1. The van der Waals surface area contributed by atoms with E-state index in [-0.39, 0.29) is 23.6 Å². The number of carbonyl (C=O) groups is 4. The molecule has 1 aliphatic heterocycles. The summed E-state index contributed by atoms with van der Waals surface area (Å²) in [7, 11) is 0. The van der Waals surface area contributed by atoms with Gasteiger partial charge in [-0.3, -0.25) is 9.59 Å². The zero-order valence-electron chi connectivity index (χ0n) is 16.0. The third kappa shape index (κ3) is 6.57. The molecule has 28 heavy (non-hydrogen) atoms. The Hall–Kier alpha value is -3.10. The maximum atomic E-state index is 12.1. The first-order valence-corrected chi connectivity index (χ1v) is 9.15. The minimum atomic E-state index is -0.653. The smallest absolute Gasteiger partial charge is 0.409 e. The average molecular weight is 391 g/mol. The summed E-state index contributed by atoms with van der Waals surface area (Å²) in [6.45, 7) is 4.05. The summed E-state index contributed by atoms with van der Waals surface area (Å²) in [5.41, 5.74) is 0.710. The van der Waals surface area contributed by atoms with Gasteiger partial charge >= 0.3 is 12.1 Å². The topological polar surface area (TPSA) is 114 Å². The molecule has 0 saturated carbocycles. The van der Waals surface area contributed by atoms with Crippen LogP contribution in [0.15, 0.2) is 24.3 Å². The third-order valence-electron chi connectivity index (χ3n) is 4.14. The van der Waals surface area contributed by atoms with Gasteiger partial charge in [0.15, 0.2) is 6.61 Å². The second-order valence-electron chi connectivity index (χ2n) is 6.37. The van der Waals surface area contributed by atoms with Crippen molar-refractivity contribution >= 4 is 29.6 Å². The number of ether oxygens (including phenoxy) is 2. The average Bonchev–Trinajstić information content (AvgIpc) is 2.66. The molecule has 1 aromatic rings. The summed E-state index contributed by atoms with van der Waals surface area (Å²) < 4.78 is 9.99. The van der Waals surface area contributed by atoms with Crippen LogP contribution >= 0.6 is 0 Å². The standard InChI is InChI=1S/C19H25N3O6/c1-3-27-19(26)22-9-7-15(8-10-22)21-17(24)12-28-18(25)14-5-4-6-16(11-14)20-13(2)23/h4-6,11,15H,3,7-10,12H2,1-2H3,(H,20,23)(H,21,24). The van der Waals surface area contributed by atoms with Crippen molar-refractivity contribution in [3.05, 3.63) is 29.8 Å². The van der Waals surface area contributed by atoms with Gasteiger partial charge in [-0.25, -0.2) is 9.59 Å². The molecule has 0 bridgehead atoms. The van der Waals surface area contributed by atoms with Gasteiger partial charge in [-0.1, -0.05) is 6.07 Å². The van der Waals surface area contributed by atoms with Gasteiger partial charge in [0.05, 0.1) is 12.2 Å². The number of amides is 3.